The summed E-state index contributed by atoms with van der Waals surface area (Å²) in [4.78, 5) is 23.4. The number of hydrogen-bond acceptors (Lipinski definition) is 6. The van der Waals surface area contributed by atoms with E-state index in [1.807, 2.05) is 19.9 Å². The number of amides is 1. The van der Waals surface area contributed by atoms with E-state index < -0.39 is 5.97 Å². The van der Waals surface area contributed by atoms with Gasteiger partial charge < -0.3 is 19.3 Å². The molecule has 0 spiro atoms. The van der Waals surface area contributed by atoms with Crippen LogP contribution in [0.3, 0.4) is 0 Å². The van der Waals surface area contributed by atoms with E-state index >= 15 is 0 Å². The Kier molecular flexibility index (Phi) is 9.25. The maximum absolute atomic E-state index is 12.5. The summed E-state index contributed by atoms with van der Waals surface area (Å²) in [5, 5.41) is 13.0. The van der Waals surface area contributed by atoms with E-state index in [1.54, 1.807) is 42.5 Å². The minimum Gasteiger partial charge on any atom is -0.490 e. The summed E-state index contributed by atoms with van der Waals surface area (Å²) in [6.45, 7) is 4.97. The summed E-state index contributed by atoms with van der Waals surface area (Å²) >= 11 is 3.47. The van der Waals surface area contributed by atoms with Crippen LogP contribution < -0.4 is 19.6 Å². The van der Waals surface area contributed by atoms with E-state index in [1.165, 1.54) is 18.3 Å². The maximum atomic E-state index is 12.5. The predicted octanol–water partition coefficient (Wildman–Crippen LogP) is 5.29. The van der Waals surface area contributed by atoms with E-state index in [0.29, 0.717) is 40.5 Å². The number of aromatic carboxylic acids is 1. The molecule has 2 N–H and O–H groups in total. The van der Waals surface area contributed by atoms with Crippen molar-refractivity contribution >= 4 is 34.0 Å². The SMILES string of the molecule is CCOc1ccc(C(=O)N/N=C/c2ccc(OCc3ccc(C(=O)O)cc3)c(Br)c2)cc1OCC. The fraction of sp³-hybridized carbons (Fsp3) is 0.192. The lowest BCUT2D eigenvalue weighted by Gasteiger charge is -2.11. The van der Waals surface area contributed by atoms with Crippen molar-refractivity contribution in [1.29, 1.82) is 0 Å². The van der Waals surface area contributed by atoms with Gasteiger partial charge in [-0.3, -0.25) is 4.79 Å². The lowest BCUT2D eigenvalue weighted by molar-refractivity contribution is 0.0696. The van der Waals surface area contributed by atoms with Gasteiger partial charge in [0.25, 0.3) is 5.91 Å². The lowest BCUT2D eigenvalue weighted by atomic mass is 10.1. The standard InChI is InChI=1S/C26H25BrN2O6/c1-3-33-23-12-10-20(14-24(23)34-4-2)25(30)29-28-15-18-7-11-22(21(27)13-18)35-16-17-5-8-19(9-6-17)26(31)32/h5-15H,3-4,16H2,1-2H3,(H,29,30)(H,31,32)/b28-15+. The third-order valence-electron chi connectivity index (χ3n) is 4.74. The Labute approximate surface area is 211 Å². The fourth-order valence-corrected chi connectivity index (χ4v) is 3.55. The normalized spacial score (nSPS) is 10.7. The Morgan fingerprint density at radius 2 is 1.54 bits per heavy atom. The first-order chi connectivity index (χ1) is 16.9. The van der Waals surface area contributed by atoms with Gasteiger partial charge in [0.15, 0.2) is 11.5 Å². The van der Waals surface area contributed by atoms with Gasteiger partial charge in [0.1, 0.15) is 12.4 Å². The number of carbonyl (C=O) groups excluding carboxylic acids is 1. The maximum Gasteiger partial charge on any atom is 0.335 e. The zero-order chi connectivity index (χ0) is 25.2. The number of halogens is 1. The van der Waals surface area contributed by atoms with Crippen molar-refractivity contribution in [2.45, 2.75) is 20.5 Å². The molecule has 3 aromatic rings. The van der Waals surface area contributed by atoms with Crippen molar-refractivity contribution in [3.63, 3.8) is 0 Å². The van der Waals surface area contributed by atoms with Crippen molar-refractivity contribution in [3.8, 4) is 17.2 Å². The highest BCUT2D eigenvalue weighted by Crippen LogP contribution is 2.29. The van der Waals surface area contributed by atoms with E-state index in [0.717, 1.165) is 11.1 Å². The lowest BCUT2D eigenvalue weighted by Crippen LogP contribution is -2.17. The monoisotopic (exact) mass is 540 g/mol. The minimum absolute atomic E-state index is 0.225. The van der Waals surface area contributed by atoms with Crippen molar-refractivity contribution in [2.24, 2.45) is 5.10 Å². The highest BCUT2D eigenvalue weighted by atomic mass is 79.9. The van der Waals surface area contributed by atoms with E-state index in [9.17, 15) is 9.59 Å². The molecule has 0 aliphatic rings. The molecule has 0 unspecified atom stereocenters. The predicted molar refractivity (Wildman–Crippen MR) is 136 cm³/mol. The molecule has 3 rings (SSSR count). The van der Waals surface area contributed by atoms with Crippen molar-refractivity contribution in [2.75, 3.05) is 13.2 Å². The minimum atomic E-state index is -0.969. The van der Waals surface area contributed by atoms with Crippen molar-refractivity contribution in [3.05, 3.63) is 87.4 Å². The van der Waals surface area contributed by atoms with Gasteiger partial charge in [0.05, 0.1) is 29.5 Å². The second-order valence-corrected chi connectivity index (χ2v) is 8.06. The summed E-state index contributed by atoms with van der Waals surface area (Å²) in [6.07, 6.45) is 1.52. The van der Waals surface area contributed by atoms with Crippen LogP contribution in [0.15, 0.2) is 70.2 Å². The molecule has 0 aliphatic heterocycles. The van der Waals surface area contributed by atoms with Crippen LogP contribution >= 0.6 is 15.9 Å². The summed E-state index contributed by atoms with van der Waals surface area (Å²) in [7, 11) is 0. The van der Waals surface area contributed by atoms with Gasteiger partial charge in [0.2, 0.25) is 0 Å². The first kappa shape index (κ1) is 25.8. The number of ether oxygens (including phenoxy) is 3. The quantitative estimate of drug-likeness (QED) is 0.253. The van der Waals surface area contributed by atoms with Gasteiger partial charge in [-0.05, 0) is 89.4 Å². The van der Waals surface area contributed by atoms with Crippen LogP contribution in [-0.4, -0.2) is 36.4 Å². The molecule has 0 aliphatic carbocycles. The van der Waals surface area contributed by atoms with Crippen molar-refractivity contribution < 1.29 is 28.9 Å². The molecule has 0 radical (unpaired) electrons. The molecule has 0 fully saturated rings. The van der Waals surface area contributed by atoms with Crippen molar-refractivity contribution in [1.82, 2.24) is 5.43 Å². The van der Waals surface area contributed by atoms with E-state index in [2.05, 4.69) is 26.5 Å². The fourth-order valence-electron chi connectivity index (χ4n) is 3.04. The summed E-state index contributed by atoms with van der Waals surface area (Å²) < 4.78 is 17.6. The smallest absolute Gasteiger partial charge is 0.335 e. The third kappa shape index (κ3) is 7.31. The van der Waals surface area contributed by atoms with Gasteiger partial charge in [-0.25, -0.2) is 10.2 Å². The Hall–Kier alpha value is -3.85. The molecule has 0 heterocycles. The van der Waals surface area contributed by atoms with Crippen LogP contribution in [-0.2, 0) is 6.61 Å². The van der Waals surface area contributed by atoms with Crippen LogP contribution in [0.4, 0.5) is 0 Å². The van der Waals surface area contributed by atoms with Crippen LogP contribution in [0.5, 0.6) is 17.2 Å². The first-order valence-corrected chi connectivity index (χ1v) is 11.7. The van der Waals surface area contributed by atoms with Crippen LogP contribution in [0.1, 0.15) is 45.7 Å². The number of rotatable bonds is 11. The van der Waals surface area contributed by atoms with Gasteiger partial charge in [-0.2, -0.15) is 5.10 Å². The second kappa shape index (κ2) is 12.6. The second-order valence-electron chi connectivity index (χ2n) is 7.21. The largest absolute Gasteiger partial charge is 0.490 e. The number of hydrogen-bond donors (Lipinski definition) is 2. The molecule has 182 valence electrons. The molecule has 0 bridgehead atoms. The molecule has 8 nitrogen and oxygen atoms in total. The van der Waals surface area contributed by atoms with Crippen LogP contribution in [0, 0.1) is 0 Å². The molecule has 3 aromatic carbocycles. The molecule has 0 atom stereocenters. The van der Waals surface area contributed by atoms with Gasteiger partial charge in [-0.1, -0.05) is 12.1 Å². The number of carboxylic acids is 1. The number of nitrogens with zero attached hydrogens (tertiary/aromatic N) is 1. The molecule has 1 amide bonds. The number of carboxylic acid groups (broad SMARTS) is 1. The molecule has 0 saturated carbocycles. The highest BCUT2D eigenvalue weighted by molar-refractivity contribution is 9.10. The number of hydrazone groups is 1. The van der Waals surface area contributed by atoms with Gasteiger partial charge in [-0.15, -0.1) is 0 Å². The number of carbonyl (C=O) groups is 2. The molecule has 35 heavy (non-hydrogen) atoms. The van der Waals surface area contributed by atoms with E-state index in [4.69, 9.17) is 19.3 Å². The zero-order valence-corrected chi connectivity index (χ0v) is 20.9. The van der Waals surface area contributed by atoms with Crippen LogP contribution in [0.25, 0.3) is 0 Å². The summed E-state index contributed by atoms with van der Waals surface area (Å²) in [6, 6.07) is 16.8. The Morgan fingerprint density at radius 1 is 0.886 bits per heavy atom. The van der Waals surface area contributed by atoms with Crippen LogP contribution in [0.2, 0.25) is 0 Å². The zero-order valence-electron chi connectivity index (χ0n) is 19.3. The summed E-state index contributed by atoms with van der Waals surface area (Å²) in [5.41, 5.74) is 4.72. The molecule has 0 saturated heterocycles. The van der Waals surface area contributed by atoms with Gasteiger partial charge >= 0.3 is 5.97 Å². The number of nitrogens with one attached hydrogen (secondary N) is 1. The highest BCUT2D eigenvalue weighted by Gasteiger charge is 2.11. The first-order valence-electron chi connectivity index (χ1n) is 10.9. The van der Waals surface area contributed by atoms with E-state index in [-0.39, 0.29) is 18.1 Å². The third-order valence-corrected chi connectivity index (χ3v) is 5.36. The molecule has 9 heteroatoms. The Balaban J connectivity index is 1.58. The average Bonchev–Trinajstić information content (AvgIpc) is 2.85. The molecule has 0 aromatic heterocycles. The van der Waals surface area contributed by atoms with Gasteiger partial charge in [0, 0.05) is 5.56 Å². The Morgan fingerprint density at radius 3 is 2.20 bits per heavy atom. The molecular weight excluding hydrogens is 516 g/mol. The molecular formula is C26H25BrN2O6. The topological polar surface area (TPSA) is 106 Å². The average molecular weight is 541 g/mol. The number of benzene rings is 3. The Bertz CT molecular complexity index is 1210. The summed E-state index contributed by atoms with van der Waals surface area (Å²) in [5.74, 6) is 0.357.